The van der Waals surface area contributed by atoms with Gasteiger partial charge >= 0.3 is 0 Å². The first-order valence-corrected chi connectivity index (χ1v) is 8.40. The standard InChI is InChI=1S/C14H24N2O4S/c1-4-16(8-9-20-5-2)21(17,18)14-7-6-12(11-15)10-13(14)19-3/h6-7,10H,4-5,8-9,11,15H2,1-3H3. The van der Waals surface area contributed by atoms with Crippen molar-refractivity contribution in [2.24, 2.45) is 5.73 Å². The van der Waals surface area contributed by atoms with Gasteiger partial charge in [-0.05, 0) is 24.6 Å². The van der Waals surface area contributed by atoms with Gasteiger partial charge < -0.3 is 15.2 Å². The van der Waals surface area contributed by atoms with E-state index in [1.54, 1.807) is 25.1 Å². The Bertz CT molecular complexity index is 546. The molecular formula is C14H24N2O4S. The molecule has 0 aliphatic carbocycles. The van der Waals surface area contributed by atoms with Crippen LogP contribution in [0.15, 0.2) is 23.1 Å². The fourth-order valence-corrected chi connectivity index (χ4v) is 3.52. The summed E-state index contributed by atoms with van der Waals surface area (Å²) in [6.07, 6.45) is 0. The van der Waals surface area contributed by atoms with Crippen molar-refractivity contribution in [3.05, 3.63) is 23.8 Å². The van der Waals surface area contributed by atoms with Crippen molar-refractivity contribution >= 4 is 10.0 Å². The molecule has 0 aromatic heterocycles. The normalized spacial score (nSPS) is 11.9. The Kier molecular flexibility index (Phi) is 7.10. The van der Waals surface area contributed by atoms with Gasteiger partial charge in [-0.3, -0.25) is 0 Å². The predicted molar refractivity (Wildman–Crippen MR) is 81.8 cm³/mol. The zero-order valence-corrected chi connectivity index (χ0v) is 13.6. The SMILES string of the molecule is CCOCCN(CC)S(=O)(=O)c1ccc(CN)cc1OC. The van der Waals surface area contributed by atoms with Crippen molar-refractivity contribution in [1.82, 2.24) is 4.31 Å². The number of benzene rings is 1. The lowest BCUT2D eigenvalue weighted by atomic mass is 10.2. The molecule has 0 amide bonds. The van der Waals surface area contributed by atoms with E-state index in [1.807, 2.05) is 6.92 Å². The molecule has 0 aliphatic heterocycles. The first-order valence-electron chi connectivity index (χ1n) is 6.96. The Morgan fingerprint density at radius 1 is 1.29 bits per heavy atom. The van der Waals surface area contributed by atoms with Crippen LogP contribution in [0.4, 0.5) is 0 Å². The van der Waals surface area contributed by atoms with Gasteiger partial charge in [0.05, 0.1) is 13.7 Å². The number of ether oxygens (including phenoxy) is 2. The van der Waals surface area contributed by atoms with E-state index in [-0.39, 0.29) is 4.90 Å². The minimum absolute atomic E-state index is 0.153. The number of nitrogens with two attached hydrogens (primary N) is 1. The van der Waals surface area contributed by atoms with Gasteiger partial charge in [0, 0.05) is 26.2 Å². The summed E-state index contributed by atoms with van der Waals surface area (Å²) in [5.74, 6) is 0.313. The monoisotopic (exact) mass is 316 g/mol. The molecule has 0 spiro atoms. The molecule has 21 heavy (non-hydrogen) atoms. The van der Waals surface area contributed by atoms with Gasteiger partial charge in [0.25, 0.3) is 0 Å². The van der Waals surface area contributed by atoms with Crippen molar-refractivity contribution in [2.45, 2.75) is 25.3 Å². The van der Waals surface area contributed by atoms with Gasteiger partial charge in [-0.1, -0.05) is 13.0 Å². The van der Waals surface area contributed by atoms with E-state index >= 15 is 0 Å². The van der Waals surface area contributed by atoms with Crippen LogP contribution < -0.4 is 10.5 Å². The molecular weight excluding hydrogens is 292 g/mol. The largest absolute Gasteiger partial charge is 0.495 e. The third-order valence-electron chi connectivity index (χ3n) is 3.12. The van der Waals surface area contributed by atoms with Crippen LogP contribution in [-0.4, -0.2) is 46.1 Å². The molecule has 0 bridgehead atoms. The smallest absolute Gasteiger partial charge is 0.246 e. The third kappa shape index (κ3) is 4.41. The van der Waals surface area contributed by atoms with E-state index in [4.69, 9.17) is 15.2 Å². The second-order valence-electron chi connectivity index (χ2n) is 4.38. The molecule has 6 nitrogen and oxygen atoms in total. The van der Waals surface area contributed by atoms with Crippen LogP contribution in [0, 0.1) is 0 Å². The highest BCUT2D eigenvalue weighted by atomic mass is 32.2. The summed E-state index contributed by atoms with van der Waals surface area (Å²) in [5.41, 5.74) is 6.39. The number of hydrogen-bond acceptors (Lipinski definition) is 5. The molecule has 0 fully saturated rings. The Morgan fingerprint density at radius 2 is 2.00 bits per heavy atom. The van der Waals surface area contributed by atoms with Gasteiger partial charge in [0.2, 0.25) is 10.0 Å². The highest BCUT2D eigenvalue weighted by Crippen LogP contribution is 2.27. The van der Waals surface area contributed by atoms with E-state index in [0.717, 1.165) is 5.56 Å². The quantitative estimate of drug-likeness (QED) is 0.692. The summed E-state index contributed by atoms with van der Waals surface area (Å²) in [4.78, 5) is 0.153. The molecule has 0 saturated heterocycles. The maximum atomic E-state index is 12.7. The maximum Gasteiger partial charge on any atom is 0.246 e. The number of likely N-dealkylation sites (N-methyl/N-ethyl adjacent to an activating group) is 1. The average molecular weight is 316 g/mol. The first kappa shape index (κ1) is 17.9. The fourth-order valence-electron chi connectivity index (χ4n) is 1.95. The topological polar surface area (TPSA) is 81.9 Å². The summed E-state index contributed by atoms with van der Waals surface area (Å²) in [7, 11) is -2.16. The number of rotatable bonds is 9. The Labute approximate surface area is 126 Å². The van der Waals surface area contributed by atoms with Gasteiger partial charge in [0.1, 0.15) is 10.6 Å². The number of nitrogens with zero attached hydrogens (tertiary/aromatic N) is 1. The van der Waals surface area contributed by atoms with Gasteiger partial charge in [-0.25, -0.2) is 8.42 Å². The number of hydrogen-bond donors (Lipinski definition) is 1. The molecule has 1 aromatic carbocycles. The molecule has 120 valence electrons. The van der Waals surface area contributed by atoms with Crippen molar-refractivity contribution in [1.29, 1.82) is 0 Å². The molecule has 0 saturated carbocycles. The molecule has 2 N–H and O–H groups in total. The third-order valence-corrected chi connectivity index (χ3v) is 5.14. The number of methoxy groups -OCH3 is 1. The zero-order valence-electron chi connectivity index (χ0n) is 12.8. The van der Waals surface area contributed by atoms with E-state index in [9.17, 15) is 8.42 Å². The lowest BCUT2D eigenvalue weighted by molar-refractivity contribution is 0.135. The van der Waals surface area contributed by atoms with E-state index in [0.29, 0.717) is 38.6 Å². The van der Waals surface area contributed by atoms with Crippen LogP contribution in [-0.2, 0) is 21.3 Å². The minimum atomic E-state index is -3.61. The first-order chi connectivity index (χ1) is 10.0. The Balaban J connectivity index is 3.10. The minimum Gasteiger partial charge on any atom is -0.495 e. The van der Waals surface area contributed by atoms with E-state index in [2.05, 4.69) is 0 Å². The molecule has 0 heterocycles. The summed E-state index contributed by atoms with van der Waals surface area (Å²) in [6, 6.07) is 4.90. The summed E-state index contributed by atoms with van der Waals surface area (Å²) in [5, 5.41) is 0. The van der Waals surface area contributed by atoms with Crippen LogP contribution in [0.25, 0.3) is 0 Å². The van der Waals surface area contributed by atoms with Crippen LogP contribution in [0.2, 0.25) is 0 Å². The average Bonchev–Trinajstić information content (AvgIpc) is 2.50. The Hall–Kier alpha value is -1.15. The molecule has 1 aromatic rings. The predicted octanol–water partition coefficient (Wildman–Crippen LogP) is 1.20. The lowest BCUT2D eigenvalue weighted by Gasteiger charge is -2.21. The van der Waals surface area contributed by atoms with Crippen LogP contribution in [0.1, 0.15) is 19.4 Å². The second-order valence-corrected chi connectivity index (χ2v) is 6.29. The van der Waals surface area contributed by atoms with Crippen LogP contribution in [0.3, 0.4) is 0 Å². The number of sulfonamides is 1. The zero-order chi connectivity index (χ0) is 15.9. The molecule has 1 rings (SSSR count). The fraction of sp³-hybridized carbons (Fsp3) is 0.571. The van der Waals surface area contributed by atoms with Crippen molar-refractivity contribution in [3.63, 3.8) is 0 Å². The molecule has 7 heteroatoms. The highest BCUT2D eigenvalue weighted by Gasteiger charge is 2.26. The Morgan fingerprint density at radius 3 is 2.52 bits per heavy atom. The van der Waals surface area contributed by atoms with Crippen molar-refractivity contribution < 1.29 is 17.9 Å². The van der Waals surface area contributed by atoms with Gasteiger partial charge in [-0.2, -0.15) is 4.31 Å². The molecule has 0 radical (unpaired) electrons. The summed E-state index contributed by atoms with van der Waals surface area (Å²) < 4.78 is 37.2. The van der Waals surface area contributed by atoms with Crippen LogP contribution >= 0.6 is 0 Å². The molecule has 0 aliphatic rings. The van der Waals surface area contributed by atoms with Gasteiger partial charge in [-0.15, -0.1) is 0 Å². The van der Waals surface area contributed by atoms with Crippen LogP contribution in [0.5, 0.6) is 5.75 Å². The summed E-state index contributed by atoms with van der Waals surface area (Å²) in [6.45, 7) is 5.62. The van der Waals surface area contributed by atoms with E-state index in [1.165, 1.54) is 11.4 Å². The van der Waals surface area contributed by atoms with E-state index < -0.39 is 10.0 Å². The van der Waals surface area contributed by atoms with Crippen molar-refractivity contribution in [3.8, 4) is 5.75 Å². The van der Waals surface area contributed by atoms with Gasteiger partial charge in [0.15, 0.2) is 0 Å². The second kappa shape index (κ2) is 8.33. The molecule has 0 atom stereocenters. The van der Waals surface area contributed by atoms with Crippen molar-refractivity contribution in [2.75, 3.05) is 33.4 Å². The molecule has 0 unspecified atom stereocenters. The summed E-state index contributed by atoms with van der Waals surface area (Å²) >= 11 is 0. The lowest BCUT2D eigenvalue weighted by Crippen LogP contribution is -2.34. The highest BCUT2D eigenvalue weighted by molar-refractivity contribution is 7.89. The maximum absolute atomic E-state index is 12.7.